The predicted octanol–water partition coefficient (Wildman–Crippen LogP) is 4.29. The van der Waals surface area contributed by atoms with Crippen LogP contribution >= 0.6 is 0 Å². The van der Waals surface area contributed by atoms with Crippen molar-refractivity contribution < 1.29 is 9.47 Å². The molecular formula is C23H27N3O2. The van der Waals surface area contributed by atoms with Gasteiger partial charge in [0, 0.05) is 36.6 Å². The summed E-state index contributed by atoms with van der Waals surface area (Å²) in [6.45, 7) is 2.75. The second-order valence-electron chi connectivity index (χ2n) is 7.19. The largest absolute Gasteiger partial charge is 0.497 e. The lowest BCUT2D eigenvalue weighted by molar-refractivity contribution is 0.234. The van der Waals surface area contributed by atoms with Gasteiger partial charge >= 0.3 is 0 Å². The number of methoxy groups -OCH3 is 2. The molecule has 2 aromatic carbocycles. The molecule has 0 unspecified atom stereocenters. The summed E-state index contributed by atoms with van der Waals surface area (Å²) in [5.41, 5.74) is 2.51. The fourth-order valence-corrected chi connectivity index (χ4v) is 4.06. The number of imidazole rings is 1. The fourth-order valence-electron chi connectivity index (χ4n) is 4.06. The second kappa shape index (κ2) is 8.48. The van der Waals surface area contributed by atoms with Gasteiger partial charge in [-0.15, -0.1) is 0 Å². The maximum atomic E-state index is 5.66. The lowest BCUT2D eigenvalue weighted by atomic mass is 10.0. The highest BCUT2D eigenvalue weighted by atomic mass is 16.5. The van der Waals surface area contributed by atoms with Gasteiger partial charge in [-0.3, -0.25) is 4.90 Å². The zero-order chi connectivity index (χ0) is 19.3. The maximum absolute atomic E-state index is 5.66. The summed E-state index contributed by atoms with van der Waals surface area (Å²) < 4.78 is 13.3. The third-order valence-corrected chi connectivity index (χ3v) is 5.51. The molecule has 1 aliphatic heterocycles. The molecular weight excluding hydrogens is 350 g/mol. The van der Waals surface area contributed by atoms with Gasteiger partial charge in [0.05, 0.1) is 20.8 Å². The summed E-state index contributed by atoms with van der Waals surface area (Å²) in [6, 6.07) is 17.0. The molecule has 1 aromatic heterocycles. The normalized spacial score (nSPS) is 17.0. The predicted molar refractivity (Wildman–Crippen MR) is 110 cm³/mol. The molecule has 146 valence electrons. The Balaban J connectivity index is 1.54. The molecule has 1 saturated heterocycles. The van der Waals surface area contributed by atoms with Crippen LogP contribution in [0.1, 0.15) is 35.8 Å². The minimum absolute atomic E-state index is 0.336. The minimum atomic E-state index is 0.336. The highest BCUT2D eigenvalue weighted by Crippen LogP contribution is 2.39. The molecule has 4 rings (SSSR count). The van der Waals surface area contributed by atoms with Crippen molar-refractivity contribution in [3.8, 4) is 11.5 Å². The van der Waals surface area contributed by atoms with Crippen LogP contribution in [0.4, 0.5) is 0 Å². The van der Waals surface area contributed by atoms with Gasteiger partial charge in [0.15, 0.2) is 0 Å². The Kier molecular flexibility index (Phi) is 5.63. The molecule has 1 atom stereocenters. The number of nitrogens with zero attached hydrogens (tertiary/aromatic N) is 3. The van der Waals surface area contributed by atoms with Gasteiger partial charge in [0.25, 0.3) is 0 Å². The van der Waals surface area contributed by atoms with E-state index in [-0.39, 0.29) is 0 Å². The van der Waals surface area contributed by atoms with Crippen LogP contribution in [0, 0.1) is 0 Å². The van der Waals surface area contributed by atoms with Crippen molar-refractivity contribution in [3.05, 3.63) is 77.9 Å². The molecule has 3 aromatic rings. The van der Waals surface area contributed by atoms with E-state index in [9.17, 15) is 0 Å². The van der Waals surface area contributed by atoms with E-state index in [4.69, 9.17) is 9.47 Å². The van der Waals surface area contributed by atoms with Crippen molar-refractivity contribution in [2.24, 2.45) is 0 Å². The van der Waals surface area contributed by atoms with Crippen molar-refractivity contribution >= 4 is 0 Å². The molecule has 0 amide bonds. The molecule has 0 spiro atoms. The van der Waals surface area contributed by atoms with Crippen molar-refractivity contribution in [2.45, 2.75) is 32.0 Å². The van der Waals surface area contributed by atoms with Crippen molar-refractivity contribution in [1.29, 1.82) is 0 Å². The highest BCUT2D eigenvalue weighted by molar-refractivity contribution is 5.43. The smallest absolute Gasteiger partial charge is 0.127 e. The molecule has 2 heterocycles. The number of ether oxygens (including phenoxy) is 2. The van der Waals surface area contributed by atoms with Crippen LogP contribution in [-0.4, -0.2) is 35.2 Å². The summed E-state index contributed by atoms with van der Waals surface area (Å²) in [5, 5.41) is 0. The van der Waals surface area contributed by atoms with Crippen molar-refractivity contribution in [1.82, 2.24) is 14.5 Å². The van der Waals surface area contributed by atoms with Crippen LogP contribution in [0.15, 0.2) is 60.9 Å². The van der Waals surface area contributed by atoms with E-state index in [0.29, 0.717) is 6.04 Å². The Morgan fingerprint density at radius 1 is 1.04 bits per heavy atom. The van der Waals surface area contributed by atoms with E-state index in [1.165, 1.54) is 17.5 Å². The third kappa shape index (κ3) is 3.90. The number of aromatic nitrogens is 2. The molecule has 1 fully saturated rings. The van der Waals surface area contributed by atoms with E-state index in [1.807, 2.05) is 18.3 Å². The average Bonchev–Trinajstić information content (AvgIpc) is 3.38. The standard InChI is InChI=1S/C23H27N3O2/c1-27-19-10-11-20(22(15-19)28-2)21-9-6-13-25(21)17-23-24-12-14-26(23)16-18-7-4-3-5-8-18/h3-5,7-8,10-12,14-15,21H,6,9,13,16-17H2,1-2H3/t21-/m0/s1. The lowest BCUT2D eigenvalue weighted by Crippen LogP contribution is -2.25. The van der Waals surface area contributed by atoms with Crippen LogP contribution in [-0.2, 0) is 13.1 Å². The molecule has 0 radical (unpaired) electrons. The molecule has 0 aliphatic carbocycles. The van der Waals surface area contributed by atoms with E-state index in [2.05, 4.69) is 57.0 Å². The van der Waals surface area contributed by atoms with Gasteiger partial charge < -0.3 is 14.0 Å². The van der Waals surface area contributed by atoms with Gasteiger partial charge in [0.2, 0.25) is 0 Å². The molecule has 5 nitrogen and oxygen atoms in total. The monoisotopic (exact) mass is 377 g/mol. The molecule has 0 bridgehead atoms. The van der Waals surface area contributed by atoms with Crippen molar-refractivity contribution in [3.63, 3.8) is 0 Å². The van der Waals surface area contributed by atoms with Crippen LogP contribution in [0.25, 0.3) is 0 Å². The molecule has 1 aliphatic rings. The number of likely N-dealkylation sites (tertiary alicyclic amines) is 1. The van der Waals surface area contributed by atoms with Crippen molar-refractivity contribution in [2.75, 3.05) is 20.8 Å². The van der Waals surface area contributed by atoms with Gasteiger partial charge in [-0.05, 0) is 31.0 Å². The Labute approximate surface area is 166 Å². The maximum Gasteiger partial charge on any atom is 0.127 e. The first-order chi connectivity index (χ1) is 13.8. The molecule has 0 saturated carbocycles. The quantitative estimate of drug-likeness (QED) is 0.616. The number of hydrogen-bond donors (Lipinski definition) is 0. The lowest BCUT2D eigenvalue weighted by Gasteiger charge is -2.26. The SMILES string of the molecule is COc1ccc([C@@H]2CCCN2Cc2nccn2Cc2ccccc2)c(OC)c1. The zero-order valence-corrected chi connectivity index (χ0v) is 16.5. The number of benzene rings is 2. The van der Waals surface area contributed by atoms with Crippen LogP contribution in [0.2, 0.25) is 0 Å². The first kappa shape index (κ1) is 18.6. The molecule has 5 heteroatoms. The van der Waals surface area contributed by atoms with E-state index < -0.39 is 0 Å². The summed E-state index contributed by atoms with van der Waals surface area (Å²) in [4.78, 5) is 7.15. The number of hydrogen-bond acceptors (Lipinski definition) is 4. The Morgan fingerprint density at radius 2 is 1.89 bits per heavy atom. The summed E-state index contributed by atoms with van der Waals surface area (Å²) in [5.74, 6) is 2.82. The van der Waals surface area contributed by atoms with Crippen LogP contribution in [0.3, 0.4) is 0 Å². The zero-order valence-electron chi connectivity index (χ0n) is 16.5. The first-order valence-electron chi connectivity index (χ1n) is 9.78. The minimum Gasteiger partial charge on any atom is -0.497 e. The van der Waals surface area contributed by atoms with E-state index >= 15 is 0 Å². The van der Waals surface area contributed by atoms with Gasteiger partial charge in [0.1, 0.15) is 17.3 Å². The summed E-state index contributed by atoms with van der Waals surface area (Å²) in [6.07, 6.45) is 6.28. The Bertz CT molecular complexity index is 907. The van der Waals surface area contributed by atoms with E-state index in [1.54, 1.807) is 14.2 Å². The average molecular weight is 377 g/mol. The second-order valence-corrected chi connectivity index (χ2v) is 7.19. The Morgan fingerprint density at radius 3 is 2.68 bits per heavy atom. The third-order valence-electron chi connectivity index (χ3n) is 5.51. The first-order valence-corrected chi connectivity index (χ1v) is 9.78. The fraction of sp³-hybridized carbons (Fsp3) is 0.348. The highest BCUT2D eigenvalue weighted by Gasteiger charge is 2.29. The van der Waals surface area contributed by atoms with Gasteiger partial charge in [-0.1, -0.05) is 36.4 Å². The molecule has 28 heavy (non-hydrogen) atoms. The number of rotatable bonds is 7. The topological polar surface area (TPSA) is 39.5 Å². The Hall–Kier alpha value is -2.79. The van der Waals surface area contributed by atoms with E-state index in [0.717, 1.165) is 43.4 Å². The van der Waals surface area contributed by atoms with Gasteiger partial charge in [-0.2, -0.15) is 0 Å². The molecule has 0 N–H and O–H groups in total. The summed E-state index contributed by atoms with van der Waals surface area (Å²) in [7, 11) is 3.41. The van der Waals surface area contributed by atoms with Crippen LogP contribution in [0.5, 0.6) is 11.5 Å². The van der Waals surface area contributed by atoms with Crippen LogP contribution < -0.4 is 9.47 Å². The summed E-state index contributed by atoms with van der Waals surface area (Å²) >= 11 is 0. The van der Waals surface area contributed by atoms with Gasteiger partial charge in [-0.25, -0.2) is 4.98 Å².